The van der Waals surface area contributed by atoms with E-state index in [9.17, 15) is 9.59 Å². The molecular weight excluding hydrogens is 440 g/mol. The lowest BCUT2D eigenvalue weighted by Crippen LogP contribution is -2.34. The molecule has 1 unspecified atom stereocenters. The number of nitrogens with two attached hydrogens (primary N) is 1. The third kappa shape index (κ3) is 4.18. The van der Waals surface area contributed by atoms with E-state index in [2.05, 4.69) is 25.1 Å². The number of amides is 1. The summed E-state index contributed by atoms with van der Waals surface area (Å²) in [6.45, 7) is 8.70. The molecule has 35 heavy (non-hydrogen) atoms. The van der Waals surface area contributed by atoms with Crippen molar-refractivity contribution in [2.75, 3.05) is 13.1 Å². The Balaban J connectivity index is 1.61. The highest BCUT2D eigenvalue weighted by molar-refractivity contribution is 5.88. The van der Waals surface area contributed by atoms with Crippen LogP contribution in [0.4, 0.5) is 0 Å². The van der Waals surface area contributed by atoms with Gasteiger partial charge in [-0.2, -0.15) is 5.10 Å². The van der Waals surface area contributed by atoms with Gasteiger partial charge < -0.3 is 10.6 Å². The van der Waals surface area contributed by atoms with E-state index in [-0.39, 0.29) is 24.2 Å². The number of aryl methyl sites for hydroxylation is 3. The fraction of sp³-hybridized carbons (Fsp3) is 0.370. The third-order valence-electron chi connectivity index (χ3n) is 6.89. The van der Waals surface area contributed by atoms with Gasteiger partial charge in [0.2, 0.25) is 5.91 Å². The molecule has 1 atom stereocenters. The molecule has 0 radical (unpaired) electrons. The van der Waals surface area contributed by atoms with Gasteiger partial charge in [0.25, 0.3) is 0 Å². The lowest BCUT2D eigenvalue weighted by Gasteiger charge is -2.15. The van der Waals surface area contributed by atoms with E-state index in [4.69, 9.17) is 10.8 Å². The van der Waals surface area contributed by atoms with Crippen LogP contribution < -0.4 is 11.4 Å². The van der Waals surface area contributed by atoms with Crippen molar-refractivity contribution in [3.8, 4) is 22.4 Å². The first-order valence-corrected chi connectivity index (χ1v) is 12.3. The highest BCUT2D eigenvalue weighted by atomic mass is 16.2. The highest BCUT2D eigenvalue weighted by Crippen LogP contribution is 2.33. The average molecular weight is 473 g/mol. The highest BCUT2D eigenvalue weighted by Gasteiger charge is 2.25. The van der Waals surface area contributed by atoms with Crippen molar-refractivity contribution in [3.63, 3.8) is 0 Å². The van der Waals surface area contributed by atoms with Crippen LogP contribution in [0.2, 0.25) is 0 Å². The zero-order chi connectivity index (χ0) is 24.7. The molecule has 2 aromatic carbocycles. The topological polar surface area (TPSA) is 91.1 Å². The Morgan fingerprint density at radius 1 is 1.06 bits per heavy atom. The molecule has 8 heteroatoms. The van der Waals surface area contributed by atoms with E-state index >= 15 is 0 Å². The Labute approximate surface area is 204 Å². The largest absolute Gasteiger partial charge is 0.339 e. The molecule has 4 aromatic rings. The Hall–Kier alpha value is -3.65. The molecule has 182 valence electrons. The van der Waals surface area contributed by atoms with Crippen LogP contribution in [0.25, 0.3) is 33.4 Å². The van der Waals surface area contributed by atoms with Gasteiger partial charge in [0.1, 0.15) is 12.2 Å². The summed E-state index contributed by atoms with van der Waals surface area (Å²) in [5.74, 6) is 0.0260. The van der Waals surface area contributed by atoms with Gasteiger partial charge in [0, 0.05) is 49.5 Å². The number of rotatable bonds is 6. The molecule has 1 aliphatic rings. The van der Waals surface area contributed by atoms with Gasteiger partial charge in [-0.05, 0) is 51.0 Å². The number of benzene rings is 2. The normalized spacial score (nSPS) is 15.9. The summed E-state index contributed by atoms with van der Waals surface area (Å²) < 4.78 is 5.33. The van der Waals surface area contributed by atoms with Gasteiger partial charge >= 0.3 is 5.69 Å². The molecule has 1 amide bonds. The number of nitrogens with zero attached hydrogens (tertiary/aromatic N) is 5. The van der Waals surface area contributed by atoms with Crippen LogP contribution in [0.3, 0.4) is 0 Å². The van der Waals surface area contributed by atoms with Crippen molar-refractivity contribution in [1.29, 1.82) is 0 Å². The molecule has 2 aromatic heterocycles. The molecule has 3 heterocycles. The van der Waals surface area contributed by atoms with Crippen LogP contribution in [0, 0.1) is 6.92 Å². The number of imidazole rings is 1. The monoisotopic (exact) mass is 472 g/mol. The van der Waals surface area contributed by atoms with Crippen molar-refractivity contribution in [3.05, 3.63) is 64.7 Å². The van der Waals surface area contributed by atoms with E-state index in [1.54, 1.807) is 13.8 Å². The molecule has 1 aliphatic heterocycles. The second-order valence-electron chi connectivity index (χ2n) is 9.32. The minimum absolute atomic E-state index is 0.00571. The van der Waals surface area contributed by atoms with E-state index in [1.807, 2.05) is 49.2 Å². The number of aromatic nitrogens is 4. The van der Waals surface area contributed by atoms with Gasteiger partial charge in [-0.15, -0.1) is 0 Å². The molecule has 8 nitrogen and oxygen atoms in total. The first-order chi connectivity index (χ1) is 16.9. The number of hydrogen-bond acceptors (Lipinski definition) is 4. The smallest absolute Gasteiger partial charge is 0.329 e. The fourth-order valence-corrected chi connectivity index (χ4v) is 5.07. The Bertz CT molecular complexity index is 1460. The molecule has 0 aliphatic carbocycles. The fourth-order valence-electron chi connectivity index (χ4n) is 5.07. The molecule has 2 N–H and O–H groups in total. The van der Waals surface area contributed by atoms with Crippen molar-refractivity contribution < 1.29 is 4.79 Å². The van der Waals surface area contributed by atoms with E-state index < -0.39 is 0 Å². The number of fused-ring (bicyclic) bond motifs is 1. The van der Waals surface area contributed by atoms with Crippen LogP contribution in [0.1, 0.15) is 25.8 Å². The van der Waals surface area contributed by atoms with Crippen molar-refractivity contribution in [1.82, 2.24) is 23.8 Å². The summed E-state index contributed by atoms with van der Waals surface area (Å²) in [7, 11) is 0. The van der Waals surface area contributed by atoms with Crippen molar-refractivity contribution in [2.24, 2.45) is 5.73 Å². The van der Waals surface area contributed by atoms with Crippen molar-refractivity contribution >= 4 is 16.9 Å². The zero-order valence-corrected chi connectivity index (χ0v) is 20.6. The van der Waals surface area contributed by atoms with E-state index in [0.29, 0.717) is 26.2 Å². The first-order valence-electron chi connectivity index (χ1n) is 12.3. The van der Waals surface area contributed by atoms with Crippen LogP contribution in [-0.4, -0.2) is 48.9 Å². The predicted molar refractivity (Wildman–Crippen MR) is 138 cm³/mol. The van der Waals surface area contributed by atoms with Crippen LogP contribution in [-0.2, 0) is 24.4 Å². The number of hydrogen-bond donors (Lipinski definition) is 1. The molecule has 0 saturated carbocycles. The van der Waals surface area contributed by atoms with Crippen molar-refractivity contribution in [2.45, 2.75) is 52.9 Å². The van der Waals surface area contributed by atoms with Crippen LogP contribution in [0.5, 0.6) is 0 Å². The standard InChI is InChI=1S/C27H32N6O2/c1-4-32-23-10-9-19(14-24(23)33(5-2)27(32)35)22-16-31(17-25(34)30-12-11-21(28)15-30)29-26(22)20-8-6-7-18(3)13-20/h6-10,13-14,16,21H,4-5,11-12,15,17,28H2,1-3H3. The Kier molecular flexibility index (Phi) is 6.06. The minimum atomic E-state index is 0.00571. The van der Waals surface area contributed by atoms with E-state index in [1.165, 1.54) is 0 Å². The molecule has 0 bridgehead atoms. The second kappa shape index (κ2) is 9.19. The van der Waals surface area contributed by atoms with Gasteiger partial charge in [-0.1, -0.05) is 29.8 Å². The molecular formula is C27H32N6O2. The predicted octanol–water partition coefficient (Wildman–Crippen LogP) is 3.24. The molecule has 0 spiro atoms. The van der Waals surface area contributed by atoms with Crippen LogP contribution >= 0.6 is 0 Å². The molecule has 1 saturated heterocycles. The van der Waals surface area contributed by atoms with E-state index in [0.717, 1.165) is 45.4 Å². The molecule has 5 rings (SSSR count). The van der Waals surface area contributed by atoms with Gasteiger partial charge in [0.15, 0.2) is 0 Å². The number of carbonyl (C=O) groups excluding carboxylic acids is 1. The summed E-state index contributed by atoms with van der Waals surface area (Å²) in [4.78, 5) is 27.6. The average Bonchev–Trinajstić information content (AvgIpc) is 3.53. The number of carbonyl (C=O) groups is 1. The maximum absolute atomic E-state index is 12.9. The summed E-state index contributed by atoms with van der Waals surface area (Å²) >= 11 is 0. The second-order valence-corrected chi connectivity index (χ2v) is 9.32. The van der Waals surface area contributed by atoms with Gasteiger partial charge in [-0.3, -0.25) is 18.6 Å². The summed E-state index contributed by atoms with van der Waals surface area (Å²) in [5, 5.41) is 4.85. The summed E-state index contributed by atoms with van der Waals surface area (Å²) in [6.07, 6.45) is 2.78. The van der Waals surface area contributed by atoms with Gasteiger partial charge in [0.05, 0.1) is 11.0 Å². The Morgan fingerprint density at radius 2 is 1.83 bits per heavy atom. The zero-order valence-electron chi connectivity index (χ0n) is 20.6. The SMILES string of the molecule is CCn1c(=O)n(CC)c2cc(-c3cn(CC(=O)N4CCC(N)C4)nc3-c3cccc(C)c3)ccc21. The Morgan fingerprint density at radius 3 is 2.51 bits per heavy atom. The first kappa shape index (κ1) is 23.1. The number of likely N-dealkylation sites (tertiary alicyclic amines) is 1. The quantitative estimate of drug-likeness (QED) is 0.466. The van der Waals surface area contributed by atoms with Crippen LogP contribution in [0.15, 0.2) is 53.5 Å². The molecule has 1 fully saturated rings. The maximum Gasteiger partial charge on any atom is 0.329 e. The summed E-state index contributed by atoms with van der Waals surface area (Å²) in [5.41, 5.74) is 12.7. The maximum atomic E-state index is 12.9. The van der Waals surface area contributed by atoms with Gasteiger partial charge in [-0.25, -0.2) is 4.79 Å². The third-order valence-corrected chi connectivity index (χ3v) is 6.89. The minimum Gasteiger partial charge on any atom is -0.339 e. The lowest BCUT2D eigenvalue weighted by molar-refractivity contribution is -0.131. The summed E-state index contributed by atoms with van der Waals surface area (Å²) in [6, 6.07) is 14.4. The lowest BCUT2D eigenvalue weighted by atomic mass is 10.0.